The lowest BCUT2D eigenvalue weighted by molar-refractivity contribution is -0.196. The normalized spacial score (nSPS) is 12.5. The van der Waals surface area contributed by atoms with Crippen LogP contribution < -0.4 is 10.0 Å². The second-order valence-electron chi connectivity index (χ2n) is 4.38. The van der Waals surface area contributed by atoms with Crippen molar-refractivity contribution < 1.29 is 36.7 Å². The van der Waals surface area contributed by atoms with Crippen molar-refractivity contribution in [2.45, 2.75) is 32.6 Å². The predicted molar refractivity (Wildman–Crippen MR) is 78.7 cm³/mol. The summed E-state index contributed by atoms with van der Waals surface area (Å²) >= 11 is 0. The number of benzene rings is 1. The summed E-state index contributed by atoms with van der Waals surface area (Å²) in [6.45, 7) is 6.14. The van der Waals surface area contributed by atoms with Gasteiger partial charge < -0.3 is 14.5 Å². The largest absolute Gasteiger partial charge is 0.494 e. The number of ether oxygens (including phenoxy) is 1. The van der Waals surface area contributed by atoms with Crippen molar-refractivity contribution >= 4 is 23.0 Å². The highest BCUT2D eigenvalue weighted by molar-refractivity contribution is 7.86. The molecule has 1 aromatic rings. The van der Waals surface area contributed by atoms with E-state index < -0.39 is 27.9 Å². The Balaban J connectivity index is 3.66. The van der Waals surface area contributed by atoms with Crippen LogP contribution in [-0.4, -0.2) is 31.4 Å². The monoisotopic (exact) mass is 354 g/mol. The first-order valence-corrected chi connectivity index (χ1v) is 9.47. The van der Waals surface area contributed by atoms with Gasteiger partial charge >= 0.3 is 17.7 Å². The molecule has 0 aromatic heterocycles. The van der Waals surface area contributed by atoms with E-state index in [1.54, 1.807) is 6.92 Å². The molecule has 0 atom stereocenters. The molecule has 22 heavy (non-hydrogen) atoms. The Morgan fingerprint density at radius 1 is 1.14 bits per heavy atom. The highest BCUT2D eigenvalue weighted by Gasteiger charge is 2.31. The first kappa shape index (κ1) is 19.1. The minimum absolute atomic E-state index is 0.00614. The average molecular weight is 354 g/mol. The van der Waals surface area contributed by atoms with Crippen LogP contribution in [0.5, 0.6) is 5.75 Å². The van der Waals surface area contributed by atoms with Gasteiger partial charge in [-0.2, -0.15) is 8.42 Å². The molecular formula is C12H19O8PS. The zero-order valence-electron chi connectivity index (χ0n) is 12.7. The third-order valence-electron chi connectivity index (χ3n) is 2.83. The fourth-order valence-corrected chi connectivity index (χ4v) is 4.21. The number of hydrogen-bond donors (Lipinski definition) is 2. The lowest BCUT2D eigenvalue weighted by Gasteiger charge is -2.18. The molecule has 0 heterocycles. The molecule has 0 saturated carbocycles. The SMILES string of the molecule is CCOOS(=O)(=O)c1cc(OCC)c(C)c(P(=O)(O)O)c1C. The first-order valence-electron chi connectivity index (χ1n) is 6.45. The topological polar surface area (TPSA) is 119 Å². The van der Waals surface area contributed by atoms with E-state index in [1.165, 1.54) is 26.8 Å². The second-order valence-corrected chi connectivity index (χ2v) is 7.40. The van der Waals surface area contributed by atoms with Crippen molar-refractivity contribution in [2.24, 2.45) is 0 Å². The van der Waals surface area contributed by atoms with Crippen molar-refractivity contribution in [1.82, 2.24) is 0 Å². The molecule has 10 heteroatoms. The number of hydrogen-bond acceptors (Lipinski definition) is 6. The molecule has 1 rings (SSSR count). The summed E-state index contributed by atoms with van der Waals surface area (Å²) in [6.07, 6.45) is 0. The summed E-state index contributed by atoms with van der Waals surface area (Å²) in [6, 6.07) is 1.17. The van der Waals surface area contributed by atoms with Crippen molar-refractivity contribution in [1.29, 1.82) is 0 Å². The maximum Gasteiger partial charge on any atom is 0.356 e. The maximum atomic E-state index is 12.1. The fraction of sp³-hybridized carbons (Fsp3) is 0.500. The van der Waals surface area contributed by atoms with E-state index in [1.807, 2.05) is 0 Å². The van der Waals surface area contributed by atoms with Crippen LogP contribution in [0.2, 0.25) is 0 Å². The van der Waals surface area contributed by atoms with E-state index in [2.05, 4.69) is 9.22 Å². The van der Waals surface area contributed by atoms with Crippen LogP contribution in [-0.2, 0) is 23.9 Å². The zero-order chi connectivity index (χ0) is 17.1. The Bertz CT molecular complexity index is 692. The van der Waals surface area contributed by atoms with E-state index in [0.29, 0.717) is 0 Å². The van der Waals surface area contributed by atoms with Gasteiger partial charge in [0.05, 0.1) is 18.5 Å². The van der Waals surface area contributed by atoms with E-state index in [0.717, 1.165) is 0 Å². The Labute approximate surface area is 129 Å². The smallest absolute Gasteiger partial charge is 0.356 e. The van der Waals surface area contributed by atoms with Crippen molar-refractivity contribution in [2.75, 3.05) is 13.2 Å². The van der Waals surface area contributed by atoms with E-state index in [9.17, 15) is 22.8 Å². The highest BCUT2D eigenvalue weighted by atomic mass is 32.2. The maximum absolute atomic E-state index is 12.1. The van der Waals surface area contributed by atoms with Crippen molar-refractivity contribution in [3.63, 3.8) is 0 Å². The lowest BCUT2D eigenvalue weighted by atomic mass is 10.1. The Morgan fingerprint density at radius 3 is 2.18 bits per heavy atom. The molecule has 0 fully saturated rings. The van der Waals surface area contributed by atoms with Gasteiger partial charge in [0, 0.05) is 11.6 Å². The van der Waals surface area contributed by atoms with Crippen molar-refractivity contribution in [3.8, 4) is 5.75 Å². The van der Waals surface area contributed by atoms with Crippen LogP contribution in [0, 0.1) is 13.8 Å². The van der Waals surface area contributed by atoms with Crippen LogP contribution in [0.3, 0.4) is 0 Å². The molecule has 0 radical (unpaired) electrons. The Kier molecular flexibility index (Phi) is 6.14. The van der Waals surface area contributed by atoms with Gasteiger partial charge in [-0.05, 0) is 33.3 Å². The van der Waals surface area contributed by atoms with E-state index >= 15 is 0 Å². The fourth-order valence-electron chi connectivity index (χ4n) is 2.00. The molecule has 0 aliphatic carbocycles. The van der Waals surface area contributed by atoms with Gasteiger partial charge in [0.2, 0.25) is 0 Å². The van der Waals surface area contributed by atoms with Gasteiger partial charge in [0.15, 0.2) is 0 Å². The third kappa shape index (κ3) is 4.07. The minimum atomic E-state index is -4.71. The molecule has 1 aromatic carbocycles. The molecule has 0 amide bonds. The van der Waals surface area contributed by atoms with Crippen LogP contribution in [0.15, 0.2) is 11.0 Å². The molecule has 0 bridgehead atoms. The summed E-state index contributed by atoms with van der Waals surface area (Å²) < 4.78 is 45.5. The first-order chi connectivity index (χ1) is 10.1. The van der Waals surface area contributed by atoms with Crippen LogP contribution >= 0.6 is 7.60 Å². The van der Waals surface area contributed by atoms with Gasteiger partial charge in [-0.3, -0.25) is 4.57 Å². The van der Waals surface area contributed by atoms with E-state index in [-0.39, 0.29) is 30.1 Å². The van der Waals surface area contributed by atoms with Gasteiger partial charge in [0.1, 0.15) is 10.6 Å². The summed E-state index contributed by atoms with van der Waals surface area (Å²) in [5, 5.41) is -0.392. The molecular weight excluding hydrogens is 335 g/mol. The van der Waals surface area contributed by atoms with Gasteiger partial charge in [0.25, 0.3) is 0 Å². The summed E-state index contributed by atoms with van der Waals surface area (Å²) in [5.41, 5.74) is 0.0806. The van der Waals surface area contributed by atoms with Crippen LogP contribution in [0.25, 0.3) is 0 Å². The van der Waals surface area contributed by atoms with Crippen LogP contribution in [0.4, 0.5) is 0 Å². The molecule has 0 unspecified atom stereocenters. The molecule has 0 aliphatic rings. The van der Waals surface area contributed by atoms with Gasteiger partial charge in [-0.1, -0.05) is 0 Å². The minimum Gasteiger partial charge on any atom is -0.494 e. The standard InChI is InChI=1S/C12H19O8PS/c1-5-18-10-7-11(22(16,17)20-19-6-2)9(4)12(8(10)3)21(13,14)15/h7H,5-6H2,1-4H3,(H2,13,14,15). The summed E-state index contributed by atoms with van der Waals surface area (Å²) in [5.74, 6) is 0.0603. The average Bonchev–Trinajstić information content (AvgIpc) is 2.38. The predicted octanol–water partition coefficient (Wildman–Crippen LogP) is 1.16. The summed E-state index contributed by atoms with van der Waals surface area (Å²) in [4.78, 5) is 23.0. The molecule has 0 spiro atoms. The Morgan fingerprint density at radius 2 is 1.73 bits per heavy atom. The van der Waals surface area contributed by atoms with E-state index in [4.69, 9.17) is 4.74 Å². The molecule has 8 nitrogen and oxygen atoms in total. The third-order valence-corrected chi connectivity index (χ3v) is 5.32. The molecule has 0 saturated heterocycles. The van der Waals surface area contributed by atoms with Gasteiger partial charge in [-0.25, -0.2) is 4.89 Å². The second kappa shape index (κ2) is 7.08. The zero-order valence-corrected chi connectivity index (χ0v) is 14.4. The van der Waals surface area contributed by atoms with Crippen LogP contribution in [0.1, 0.15) is 25.0 Å². The summed E-state index contributed by atoms with van der Waals surface area (Å²) in [7, 11) is -9.05. The highest BCUT2D eigenvalue weighted by Crippen LogP contribution is 2.40. The quantitative estimate of drug-likeness (QED) is 0.425. The number of rotatable bonds is 7. The van der Waals surface area contributed by atoms with Gasteiger partial charge in [-0.15, -0.1) is 4.33 Å². The lowest BCUT2D eigenvalue weighted by Crippen LogP contribution is -2.20. The molecule has 2 N–H and O–H groups in total. The van der Waals surface area contributed by atoms with Crippen molar-refractivity contribution in [3.05, 3.63) is 17.2 Å². The molecule has 126 valence electrons. The molecule has 0 aliphatic heterocycles. The Hall–Kier alpha value is -0.960.